The summed E-state index contributed by atoms with van der Waals surface area (Å²) in [5, 5.41) is 11.0. The van der Waals surface area contributed by atoms with Gasteiger partial charge in [-0.25, -0.2) is 4.39 Å². The van der Waals surface area contributed by atoms with E-state index in [9.17, 15) is 4.39 Å². The molecule has 0 aliphatic carbocycles. The van der Waals surface area contributed by atoms with Crippen LogP contribution in [0.15, 0.2) is 60.7 Å². The van der Waals surface area contributed by atoms with Crippen molar-refractivity contribution in [1.82, 2.24) is 0 Å². The van der Waals surface area contributed by atoms with Gasteiger partial charge < -0.3 is 4.74 Å². The highest BCUT2D eigenvalue weighted by molar-refractivity contribution is 5.83. The molecule has 0 radical (unpaired) electrons. The molecule has 102 valence electrons. The van der Waals surface area contributed by atoms with E-state index >= 15 is 0 Å². The van der Waals surface area contributed by atoms with Crippen LogP contribution in [0.4, 0.5) is 4.39 Å². The third-order valence-electron chi connectivity index (χ3n) is 3.29. The first-order valence-corrected chi connectivity index (χ1v) is 6.56. The van der Waals surface area contributed by atoms with E-state index < -0.39 is 0 Å². The second-order valence-electron chi connectivity index (χ2n) is 4.72. The Morgan fingerprint density at radius 1 is 0.952 bits per heavy atom. The van der Waals surface area contributed by atoms with Crippen molar-refractivity contribution in [3.63, 3.8) is 0 Å². The summed E-state index contributed by atoms with van der Waals surface area (Å²) >= 11 is 0. The number of nitriles is 1. The van der Waals surface area contributed by atoms with Crippen LogP contribution >= 0.6 is 0 Å². The fraction of sp³-hybridized carbons (Fsp3) is 0.0556. The molecule has 3 aromatic carbocycles. The van der Waals surface area contributed by atoms with E-state index in [1.807, 2.05) is 48.5 Å². The maximum absolute atomic E-state index is 13.7. The van der Waals surface area contributed by atoms with Crippen molar-refractivity contribution in [2.75, 3.05) is 0 Å². The molecule has 2 nitrogen and oxygen atoms in total. The highest BCUT2D eigenvalue weighted by atomic mass is 19.1. The normalized spacial score (nSPS) is 10.3. The number of fused-ring (bicyclic) bond motifs is 1. The largest absolute Gasteiger partial charge is 0.489 e. The predicted molar refractivity (Wildman–Crippen MR) is 79.4 cm³/mol. The van der Waals surface area contributed by atoms with Gasteiger partial charge in [-0.3, -0.25) is 0 Å². The van der Waals surface area contributed by atoms with E-state index in [-0.39, 0.29) is 12.4 Å². The van der Waals surface area contributed by atoms with Gasteiger partial charge in [-0.15, -0.1) is 0 Å². The zero-order valence-corrected chi connectivity index (χ0v) is 11.2. The number of benzene rings is 3. The maximum atomic E-state index is 13.7. The SMILES string of the molecule is N#Cc1ccc(F)c(COc2ccc3ccccc3c2)c1. The molecule has 0 atom stereocenters. The number of nitrogens with zero attached hydrogens (tertiary/aromatic N) is 1. The lowest BCUT2D eigenvalue weighted by Crippen LogP contribution is -1.99. The Morgan fingerprint density at radius 2 is 1.76 bits per heavy atom. The van der Waals surface area contributed by atoms with Crippen LogP contribution in [0.1, 0.15) is 11.1 Å². The maximum Gasteiger partial charge on any atom is 0.129 e. The van der Waals surface area contributed by atoms with E-state index in [2.05, 4.69) is 0 Å². The van der Waals surface area contributed by atoms with Crippen LogP contribution in [0.3, 0.4) is 0 Å². The molecule has 3 aromatic rings. The van der Waals surface area contributed by atoms with Crippen LogP contribution in [0.2, 0.25) is 0 Å². The summed E-state index contributed by atoms with van der Waals surface area (Å²) in [5.41, 5.74) is 0.802. The minimum atomic E-state index is -0.366. The monoisotopic (exact) mass is 277 g/mol. The smallest absolute Gasteiger partial charge is 0.129 e. The molecule has 0 saturated heterocycles. The zero-order chi connectivity index (χ0) is 14.7. The van der Waals surface area contributed by atoms with Crippen molar-refractivity contribution in [1.29, 1.82) is 5.26 Å². The fourth-order valence-corrected chi connectivity index (χ4v) is 2.17. The fourth-order valence-electron chi connectivity index (χ4n) is 2.17. The molecule has 0 spiro atoms. The van der Waals surface area contributed by atoms with Crippen LogP contribution < -0.4 is 4.74 Å². The van der Waals surface area contributed by atoms with Crippen molar-refractivity contribution in [2.45, 2.75) is 6.61 Å². The third-order valence-corrected chi connectivity index (χ3v) is 3.29. The predicted octanol–water partition coefficient (Wildman–Crippen LogP) is 4.43. The Kier molecular flexibility index (Phi) is 3.53. The summed E-state index contributed by atoms with van der Waals surface area (Å²) in [5.74, 6) is 0.310. The average molecular weight is 277 g/mol. The molecule has 0 N–H and O–H groups in total. The highest BCUT2D eigenvalue weighted by Crippen LogP contribution is 2.22. The first kappa shape index (κ1) is 13.1. The van der Waals surface area contributed by atoms with Gasteiger partial charge in [0.1, 0.15) is 18.2 Å². The van der Waals surface area contributed by atoms with Gasteiger partial charge in [0.25, 0.3) is 0 Å². The van der Waals surface area contributed by atoms with Gasteiger partial charge in [0.15, 0.2) is 0 Å². The highest BCUT2D eigenvalue weighted by Gasteiger charge is 2.05. The first-order valence-electron chi connectivity index (χ1n) is 6.56. The molecule has 3 rings (SSSR count). The summed E-state index contributed by atoms with van der Waals surface area (Å²) < 4.78 is 19.3. The number of rotatable bonds is 3. The Hall–Kier alpha value is -2.86. The van der Waals surface area contributed by atoms with Gasteiger partial charge in [0.05, 0.1) is 11.6 Å². The molecule has 0 unspecified atom stereocenters. The molecule has 0 aromatic heterocycles. The van der Waals surface area contributed by atoms with Gasteiger partial charge in [-0.2, -0.15) is 5.26 Å². The van der Waals surface area contributed by atoms with Crippen molar-refractivity contribution in [3.05, 3.63) is 77.6 Å². The molecule has 0 aliphatic heterocycles. The molecule has 3 heteroatoms. The zero-order valence-electron chi connectivity index (χ0n) is 11.2. The lowest BCUT2D eigenvalue weighted by molar-refractivity contribution is 0.300. The molecule has 0 saturated carbocycles. The Labute approximate surface area is 122 Å². The van der Waals surface area contributed by atoms with Crippen LogP contribution in [0.5, 0.6) is 5.75 Å². The Morgan fingerprint density at radius 3 is 2.57 bits per heavy atom. The second-order valence-corrected chi connectivity index (χ2v) is 4.72. The summed E-state index contributed by atoms with van der Waals surface area (Å²) in [6.45, 7) is 0.0969. The molecule has 0 aliphatic rings. The van der Waals surface area contributed by atoms with Crippen LogP contribution in [-0.4, -0.2) is 0 Å². The number of ether oxygens (including phenoxy) is 1. The number of hydrogen-bond acceptors (Lipinski definition) is 2. The van der Waals surface area contributed by atoms with Crippen molar-refractivity contribution >= 4 is 10.8 Å². The van der Waals surface area contributed by atoms with Gasteiger partial charge in [0.2, 0.25) is 0 Å². The molecule has 0 bridgehead atoms. The summed E-state index contributed by atoms with van der Waals surface area (Å²) in [4.78, 5) is 0. The van der Waals surface area contributed by atoms with Gasteiger partial charge in [-0.05, 0) is 41.1 Å². The standard InChI is InChI=1S/C18H12FNO/c19-18-8-5-13(11-20)9-16(18)12-21-17-7-6-14-3-1-2-4-15(14)10-17/h1-10H,12H2. The van der Waals surface area contributed by atoms with Crippen LogP contribution in [0.25, 0.3) is 10.8 Å². The van der Waals surface area contributed by atoms with Gasteiger partial charge >= 0.3 is 0 Å². The van der Waals surface area contributed by atoms with E-state index in [1.54, 1.807) is 0 Å². The Balaban J connectivity index is 1.82. The summed E-state index contributed by atoms with van der Waals surface area (Å²) in [7, 11) is 0. The topological polar surface area (TPSA) is 33.0 Å². The lowest BCUT2D eigenvalue weighted by atomic mass is 10.1. The van der Waals surface area contributed by atoms with Crippen LogP contribution in [0, 0.1) is 17.1 Å². The van der Waals surface area contributed by atoms with Crippen molar-refractivity contribution in [3.8, 4) is 11.8 Å². The second kappa shape index (κ2) is 5.64. The Bertz CT molecular complexity index is 836. The molecule has 21 heavy (non-hydrogen) atoms. The molecule has 0 amide bonds. The van der Waals surface area contributed by atoms with E-state index in [1.165, 1.54) is 18.2 Å². The summed E-state index contributed by atoms with van der Waals surface area (Å²) in [6, 6.07) is 19.9. The summed E-state index contributed by atoms with van der Waals surface area (Å²) in [6.07, 6.45) is 0. The molecule has 0 fully saturated rings. The van der Waals surface area contributed by atoms with E-state index in [0.717, 1.165) is 10.8 Å². The molecule has 0 heterocycles. The van der Waals surface area contributed by atoms with Crippen molar-refractivity contribution < 1.29 is 9.13 Å². The van der Waals surface area contributed by atoms with Crippen molar-refractivity contribution in [2.24, 2.45) is 0 Å². The average Bonchev–Trinajstić information content (AvgIpc) is 2.54. The number of hydrogen-bond donors (Lipinski definition) is 0. The minimum Gasteiger partial charge on any atom is -0.489 e. The van der Waals surface area contributed by atoms with Gasteiger partial charge in [-0.1, -0.05) is 30.3 Å². The minimum absolute atomic E-state index is 0.0969. The molecular formula is C18H12FNO. The van der Waals surface area contributed by atoms with Crippen LogP contribution in [-0.2, 0) is 6.61 Å². The number of halogens is 1. The third kappa shape index (κ3) is 2.85. The van der Waals surface area contributed by atoms with E-state index in [0.29, 0.717) is 16.9 Å². The quantitative estimate of drug-likeness (QED) is 0.709. The lowest BCUT2D eigenvalue weighted by Gasteiger charge is -2.08. The molecular weight excluding hydrogens is 265 g/mol. The van der Waals surface area contributed by atoms with E-state index in [4.69, 9.17) is 10.00 Å². The first-order chi connectivity index (χ1) is 10.3. The van der Waals surface area contributed by atoms with Gasteiger partial charge in [0, 0.05) is 5.56 Å².